The summed E-state index contributed by atoms with van der Waals surface area (Å²) in [6.07, 6.45) is 0.251. The first-order valence-electron chi connectivity index (χ1n) is 5.92. The fourth-order valence-electron chi connectivity index (χ4n) is 1.28. The number of hydrogen-bond donors (Lipinski definition) is 0. The molecule has 0 spiro atoms. The molecule has 0 heterocycles. The van der Waals surface area contributed by atoms with Crippen LogP contribution in [0.4, 0.5) is 0 Å². The van der Waals surface area contributed by atoms with E-state index in [1.165, 1.54) is 4.90 Å². The summed E-state index contributed by atoms with van der Waals surface area (Å²) in [4.78, 5) is 37.1. The minimum Gasteiger partial charge on any atom is -0.466 e. The second-order valence-corrected chi connectivity index (χ2v) is 4.30. The van der Waals surface area contributed by atoms with Gasteiger partial charge >= 0.3 is 5.97 Å². The highest BCUT2D eigenvalue weighted by molar-refractivity contribution is 5.85. The number of carbonyl (C=O) groups excluding carboxylic acids is 3. The average Bonchev–Trinajstić information content (AvgIpc) is 2.26. The normalized spacial score (nSPS) is 10.3. The number of likely N-dealkylation sites (N-methyl/N-ethyl adjacent to an activating group) is 2. The zero-order valence-corrected chi connectivity index (χ0v) is 11.6. The van der Waals surface area contributed by atoms with Crippen molar-refractivity contribution in [3.05, 3.63) is 0 Å². The maximum absolute atomic E-state index is 11.5. The maximum atomic E-state index is 11.5. The highest BCUT2D eigenvalue weighted by atomic mass is 16.5. The topological polar surface area (TPSA) is 66.9 Å². The molecule has 0 radical (unpaired) electrons. The summed E-state index contributed by atoms with van der Waals surface area (Å²) < 4.78 is 4.73. The van der Waals surface area contributed by atoms with Gasteiger partial charge in [-0.2, -0.15) is 0 Å². The lowest BCUT2D eigenvalue weighted by Crippen LogP contribution is -2.37. The SMILES string of the molecule is CCOC(=O)CCC(=O)CN(C)CC(=O)N(C)C. The van der Waals surface area contributed by atoms with Crippen LogP contribution < -0.4 is 0 Å². The van der Waals surface area contributed by atoms with E-state index in [0.29, 0.717) is 6.61 Å². The number of ether oxygens (including phenoxy) is 1. The average molecular weight is 258 g/mol. The van der Waals surface area contributed by atoms with Crippen LogP contribution in [0.3, 0.4) is 0 Å². The van der Waals surface area contributed by atoms with Crippen LogP contribution in [0.2, 0.25) is 0 Å². The molecular formula is C12H22N2O4. The highest BCUT2D eigenvalue weighted by Gasteiger charge is 2.13. The van der Waals surface area contributed by atoms with E-state index in [9.17, 15) is 14.4 Å². The van der Waals surface area contributed by atoms with Crippen molar-refractivity contribution in [1.29, 1.82) is 0 Å². The first-order chi connectivity index (χ1) is 8.36. The third-order valence-electron chi connectivity index (χ3n) is 2.26. The first-order valence-corrected chi connectivity index (χ1v) is 5.92. The third-order valence-corrected chi connectivity index (χ3v) is 2.26. The Morgan fingerprint density at radius 1 is 1.00 bits per heavy atom. The largest absolute Gasteiger partial charge is 0.466 e. The van der Waals surface area contributed by atoms with Gasteiger partial charge in [0.25, 0.3) is 0 Å². The molecule has 0 aliphatic heterocycles. The monoisotopic (exact) mass is 258 g/mol. The van der Waals surface area contributed by atoms with Crippen LogP contribution in [0.5, 0.6) is 0 Å². The Labute approximate surface area is 108 Å². The second kappa shape index (κ2) is 8.63. The highest BCUT2D eigenvalue weighted by Crippen LogP contribution is 1.97. The van der Waals surface area contributed by atoms with Gasteiger partial charge in [-0.15, -0.1) is 0 Å². The number of esters is 1. The summed E-state index contributed by atoms with van der Waals surface area (Å²) in [5, 5.41) is 0. The molecule has 0 aromatic heterocycles. The van der Waals surface area contributed by atoms with Gasteiger partial charge in [-0.1, -0.05) is 0 Å². The standard InChI is InChI=1S/C12H22N2O4/c1-5-18-12(17)7-6-10(15)8-14(4)9-11(16)13(2)3/h5-9H2,1-4H3. The molecule has 6 heteroatoms. The number of ketones is 1. The van der Waals surface area contributed by atoms with Gasteiger partial charge in [0.2, 0.25) is 5.91 Å². The van der Waals surface area contributed by atoms with Crippen LogP contribution in [-0.2, 0) is 19.1 Å². The minimum atomic E-state index is -0.363. The van der Waals surface area contributed by atoms with E-state index in [1.807, 2.05) is 0 Å². The number of amides is 1. The van der Waals surface area contributed by atoms with Gasteiger partial charge in [-0.25, -0.2) is 0 Å². The van der Waals surface area contributed by atoms with Gasteiger partial charge in [-0.3, -0.25) is 19.3 Å². The Balaban J connectivity index is 3.87. The molecule has 0 aliphatic carbocycles. The Hall–Kier alpha value is -1.43. The second-order valence-electron chi connectivity index (χ2n) is 4.30. The quantitative estimate of drug-likeness (QED) is 0.570. The van der Waals surface area contributed by atoms with E-state index < -0.39 is 0 Å². The Morgan fingerprint density at radius 2 is 1.61 bits per heavy atom. The van der Waals surface area contributed by atoms with Crippen LogP contribution in [0.25, 0.3) is 0 Å². The van der Waals surface area contributed by atoms with Crippen molar-refractivity contribution in [2.45, 2.75) is 19.8 Å². The summed E-state index contributed by atoms with van der Waals surface area (Å²) in [7, 11) is 5.03. The summed E-state index contributed by atoms with van der Waals surface area (Å²) in [6.45, 7) is 2.40. The van der Waals surface area contributed by atoms with Gasteiger partial charge < -0.3 is 9.64 Å². The van der Waals surface area contributed by atoms with Crippen LogP contribution in [0.15, 0.2) is 0 Å². The lowest BCUT2D eigenvalue weighted by atomic mass is 10.2. The molecule has 1 amide bonds. The molecule has 0 saturated heterocycles. The summed E-state index contributed by atoms with van der Waals surface area (Å²) in [5.41, 5.74) is 0. The molecule has 104 valence electrons. The molecule has 0 rings (SSSR count). The fraction of sp³-hybridized carbons (Fsp3) is 0.750. The fourth-order valence-corrected chi connectivity index (χ4v) is 1.28. The zero-order chi connectivity index (χ0) is 14.1. The van der Waals surface area contributed by atoms with Crippen molar-refractivity contribution in [2.75, 3.05) is 40.8 Å². The molecule has 0 unspecified atom stereocenters. The molecule has 0 saturated carbocycles. The van der Waals surface area contributed by atoms with Gasteiger partial charge in [0.05, 0.1) is 26.1 Å². The van der Waals surface area contributed by atoms with E-state index >= 15 is 0 Å². The van der Waals surface area contributed by atoms with Crippen molar-refractivity contribution < 1.29 is 19.1 Å². The number of Topliss-reactive ketones (excluding diaryl/α,β-unsaturated/α-hetero) is 1. The Kier molecular flexibility index (Phi) is 7.94. The molecule has 6 nitrogen and oxygen atoms in total. The predicted octanol–water partition coefficient (Wildman–Crippen LogP) is -0.0812. The van der Waals surface area contributed by atoms with Crippen LogP contribution in [-0.4, -0.2) is 68.3 Å². The lowest BCUT2D eigenvalue weighted by molar-refractivity contribution is -0.144. The molecule has 0 bridgehead atoms. The van der Waals surface area contributed by atoms with Crippen molar-refractivity contribution in [3.8, 4) is 0 Å². The summed E-state index contributed by atoms with van der Waals surface area (Å²) in [6, 6.07) is 0. The number of nitrogens with zero attached hydrogens (tertiary/aromatic N) is 2. The van der Waals surface area contributed by atoms with Gasteiger partial charge in [0.15, 0.2) is 0 Å². The molecule has 0 aromatic rings. The van der Waals surface area contributed by atoms with E-state index in [1.54, 1.807) is 33.0 Å². The zero-order valence-electron chi connectivity index (χ0n) is 11.6. The molecule has 0 fully saturated rings. The number of hydrogen-bond acceptors (Lipinski definition) is 5. The third kappa shape index (κ3) is 7.78. The van der Waals surface area contributed by atoms with Crippen molar-refractivity contribution >= 4 is 17.7 Å². The molecule has 18 heavy (non-hydrogen) atoms. The Bertz CT molecular complexity index is 302. The molecule has 0 atom stereocenters. The lowest BCUT2D eigenvalue weighted by Gasteiger charge is -2.18. The van der Waals surface area contributed by atoms with E-state index in [4.69, 9.17) is 4.74 Å². The van der Waals surface area contributed by atoms with Crippen LogP contribution in [0, 0.1) is 0 Å². The number of carbonyl (C=O) groups is 3. The molecule has 0 N–H and O–H groups in total. The number of rotatable bonds is 8. The first kappa shape index (κ1) is 16.6. The van der Waals surface area contributed by atoms with E-state index in [0.717, 1.165) is 0 Å². The van der Waals surface area contributed by atoms with E-state index in [-0.39, 0.29) is 43.6 Å². The van der Waals surface area contributed by atoms with Crippen LogP contribution >= 0.6 is 0 Å². The molecular weight excluding hydrogens is 236 g/mol. The smallest absolute Gasteiger partial charge is 0.306 e. The van der Waals surface area contributed by atoms with Crippen molar-refractivity contribution in [1.82, 2.24) is 9.80 Å². The van der Waals surface area contributed by atoms with E-state index in [2.05, 4.69) is 0 Å². The van der Waals surface area contributed by atoms with Crippen molar-refractivity contribution in [2.24, 2.45) is 0 Å². The van der Waals surface area contributed by atoms with Gasteiger partial charge in [0, 0.05) is 20.5 Å². The predicted molar refractivity (Wildman–Crippen MR) is 67.1 cm³/mol. The molecule has 0 aliphatic rings. The summed E-state index contributed by atoms with van der Waals surface area (Å²) in [5.74, 6) is -0.495. The summed E-state index contributed by atoms with van der Waals surface area (Å²) >= 11 is 0. The maximum Gasteiger partial charge on any atom is 0.306 e. The molecule has 0 aromatic carbocycles. The Morgan fingerprint density at radius 3 is 2.11 bits per heavy atom. The van der Waals surface area contributed by atoms with Gasteiger partial charge in [-0.05, 0) is 14.0 Å². The van der Waals surface area contributed by atoms with Gasteiger partial charge in [0.1, 0.15) is 5.78 Å². The van der Waals surface area contributed by atoms with Crippen LogP contribution in [0.1, 0.15) is 19.8 Å². The van der Waals surface area contributed by atoms with Crippen molar-refractivity contribution in [3.63, 3.8) is 0 Å². The minimum absolute atomic E-state index is 0.0595.